The maximum absolute atomic E-state index is 12.4. The summed E-state index contributed by atoms with van der Waals surface area (Å²) >= 11 is 0. The third kappa shape index (κ3) is 4.57. The predicted molar refractivity (Wildman–Crippen MR) is 86.8 cm³/mol. The fraction of sp³-hybridized carbons (Fsp3) is 0.867. The van der Waals surface area contributed by atoms with Gasteiger partial charge in [-0.3, -0.25) is 9.59 Å². The Balaban J connectivity index is 0.00000242. The molecule has 0 aromatic rings. The lowest BCUT2D eigenvalue weighted by Crippen LogP contribution is -2.53. The fourth-order valence-corrected chi connectivity index (χ4v) is 3.08. The smallest absolute Gasteiger partial charge is 0.242 e. The molecule has 7 heteroatoms. The molecule has 0 aliphatic carbocycles. The van der Waals surface area contributed by atoms with Crippen LogP contribution in [-0.2, 0) is 9.59 Å². The van der Waals surface area contributed by atoms with Gasteiger partial charge in [-0.15, -0.1) is 12.4 Å². The van der Waals surface area contributed by atoms with Crippen LogP contribution < -0.4 is 10.6 Å². The molecule has 2 saturated heterocycles. The number of aliphatic hydroxyl groups is 1. The average Bonchev–Trinajstić information content (AvgIpc) is 2.89. The predicted octanol–water partition coefficient (Wildman–Crippen LogP) is 0.142. The van der Waals surface area contributed by atoms with Gasteiger partial charge in [-0.25, -0.2) is 0 Å². The monoisotopic (exact) mass is 333 g/mol. The number of carbonyl (C=O) groups excluding carboxylic acids is 2. The number of carbonyl (C=O) groups is 2. The highest BCUT2D eigenvalue weighted by molar-refractivity contribution is 5.88. The quantitative estimate of drug-likeness (QED) is 0.683. The lowest BCUT2D eigenvalue weighted by Gasteiger charge is -2.36. The van der Waals surface area contributed by atoms with Gasteiger partial charge in [0.05, 0.1) is 6.10 Å². The number of aliphatic hydroxyl groups excluding tert-OH is 1. The summed E-state index contributed by atoms with van der Waals surface area (Å²) < 4.78 is 0. The van der Waals surface area contributed by atoms with Gasteiger partial charge in [-0.05, 0) is 19.3 Å². The molecular weight excluding hydrogens is 306 g/mol. The standard InChI is InChI=1S/C15H27N3O3.ClH/c1-10(2)15(21)18-6-4-3-5-12(18)14(20)17-8-11-7-16-9-13(11)19;/h10-13,16,19H,3-9H2,1-2H3,(H,17,20);1H. The van der Waals surface area contributed by atoms with Crippen LogP contribution >= 0.6 is 12.4 Å². The molecular formula is C15H28ClN3O3. The molecule has 2 amide bonds. The number of piperidine rings is 1. The van der Waals surface area contributed by atoms with E-state index in [1.165, 1.54) is 0 Å². The number of hydrogen-bond donors (Lipinski definition) is 3. The molecule has 2 fully saturated rings. The van der Waals surface area contributed by atoms with E-state index >= 15 is 0 Å². The lowest BCUT2D eigenvalue weighted by atomic mass is 9.99. The van der Waals surface area contributed by atoms with Crippen molar-refractivity contribution in [1.29, 1.82) is 0 Å². The summed E-state index contributed by atoms with van der Waals surface area (Å²) in [4.78, 5) is 26.3. The third-order valence-electron chi connectivity index (χ3n) is 4.43. The van der Waals surface area contributed by atoms with Crippen molar-refractivity contribution in [3.63, 3.8) is 0 Å². The highest BCUT2D eigenvalue weighted by Gasteiger charge is 2.34. The number of nitrogens with zero attached hydrogens (tertiary/aromatic N) is 1. The van der Waals surface area contributed by atoms with Crippen LogP contribution in [0.3, 0.4) is 0 Å². The van der Waals surface area contributed by atoms with Crippen LogP contribution in [-0.4, -0.2) is 60.1 Å². The lowest BCUT2D eigenvalue weighted by molar-refractivity contribution is -0.144. The van der Waals surface area contributed by atoms with Gasteiger partial charge in [-0.1, -0.05) is 13.8 Å². The Labute approximate surface area is 138 Å². The molecule has 0 aromatic carbocycles. The third-order valence-corrected chi connectivity index (χ3v) is 4.43. The van der Waals surface area contributed by atoms with Crippen molar-refractivity contribution in [3.05, 3.63) is 0 Å². The fourth-order valence-electron chi connectivity index (χ4n) is 3.08. The molecule has 2 aliphatic heterocycles. The summed E-state index contributed by atoms with van der Waals surface area (Å²) in [5.74, 6) is -0.0498. The number of likely N-dealkylation sites (tertiary alicyclic amines) is 1. The number of β-amino-alcohol motifs (C(OH)–C–C–N with tert-alkyl or cyclic N) is 1. The second kappa shape index (κ2) is 8.70. The maximum Gasteiger partial charge on any atom is 0.242 e. The maximum atomic E-state index is 12.4. The first-order valence-corrected chi connectivity index (χ1v) is 7.97. The summed E-state index contributed by atoms with van der Waals surface area (Å²) in [5.41, 5.74) is 0. The van der Waals surface area contributed by atoms with Gasteiger partial charge in [0.2, 0.25) is 11.8 Å². The van der Waals surface area contributed by atoms with Crippen molar-refractivity contribution < 1.29 is 14.7 Å². The van der Waals surface area contributed by atoms with E-state index in [0.717, 1.165) is 25.8 Å². The Morgan fingerprint density at radius 2 is 2.05 bits per heavy atom. The summed E-state index contributed by atoms with van der Waals surface area (Å²) in [6, 6.07) is -0.347. The number of halogens is 1. The van der Waals surface area contributed by atoms with Gasteiger partial charge in [0.15, 0.2) is 0 Å². The molecule has 2 aliphatic rings. The topological polar surface area (TPSA) is 81.7 Å². The molecule has 0 bridgehead atoms. The van der Waals surface area contributed by atoms with Crippen LogP contribution in [0, 0.1) is 11.8 Å². The van der Waals surface area contributed by atoms with Crippen molar-refractivity contribution in [2.75, 3.05) is 26.2 Å². The molecule has 0 radical (unpaired) electrons. The summed E-state index contributed by atoms with van der Waals surface area (Å²) in [6.07, 6.45) is 2.28. The number of nitrogens with one attached hydrogen (secondary N) is 2. The van der Waals surface area contributed by atoms with E-state index < -0.39 is 6.10 Å². The van der Waals surface area contributed by atoms with Gasteiger partial charge in [0.1, 0.15) is 6.04 Å². The van der Waals surface area contributed by atoms with Gasteiger partial charge in [0.25, 0.3) is 0 Å². The average molecular weight is 334 g/mol. The normalized spacial score (nSPS) is 28.4. The highest BCUT2D eigenvalue weighted by atomic mass is 35.5. The van der Waals surface area contributed by atoms with Gasteiger partial charge in [-0.2, -0.15) is 0 Å². The van der Waals surface area contributed by atoms with E-state index in [4.69, 9.17) is 0 Å². The number of hydrogen-bond acceptors (Lipinski definition) is 4. The largest absolute Gasteiger partial charge is 0.391 e. The molecule has 3 N–H and O–H groups in total. The minimum Gasteiger partial charge on any atom is -0.391 e. The van der Waals surface area contributed by atoms with E-state index in [9.17, 15) is 14.7 Å². The van der Waals surface area contributed by atoms with Gasteiger partial charge in [0, 0.05) is 38.0 Å². The Hall–Kier alpha value is -0.850. The Bertz CT molecular complexity index is 392. The molecule has 3 unspecified atom stereocenters. The summed E-state index contributed by atoms with van der Waals surface area (Å²) in [6.45, 7) is 6.18. The van der Waals surface area contributed by atoms with Crippen LogP contribution in [0.15, 0.2) is 0 Å². The SMILES string of the molecule is CC(C)C(=O)N1CCCCC1C(=O)NCC1CNCC1O.Cl. The molecule has 2 rings (SSSR count). The van der Waals surface area contributed by atoms with E-state index in [2.05, 4.69) is 10.6 Å². The van der Waals surface area contributed by atoms with Crippen molar-refractivity contribution in [2.45, 2.75) is 45.3 Å². The van der Waals surface area contributed by atoms with Crippen LogP contribution in [0.4, 0.5) is 0 Å². The van der Waals surface area contributed by atoms with Crippen molar-refractivity contribution in [2.24, 2.45) is 11.8 Å². The number of rotatable bonds is 4. The van der Waals surface area contributed by atoms with Crippen molar-refractivity contribution in [3.8, 4) is 0 Å². The zero-order chi connectivity index (χ0) is 15.4. The zero-order valence-electron chi connectivity index (χ0n) is 13.4. The molecule has 0 aromatic heterocycles. The van der Waals surface area contributed by atoms with E-state index in [0.29, 0.717) is 19.6 Å². The zero-order valence-corrected chi connectivity index (χ0v) is 14.2. The van der Waals surface area contributed by atoms with Crippen LogP contribution in [0.25, 0.3) is 0 Å². The molecule has 3 atom stereocenters. The molecule has 0 saturated carbocycles. The Morgan fingerprint density at radius 1 is 1.32 bits per heavy atom. The van der Waals surface area contributed by atoms with Gasteiger partial charge < -0.3 is 20.6 Å². The Morgan fingerprint density at radius 3 is 2.64 bits per heavy atom. The second-order valence-corrected chi connectivity index (χ2v) is 6.43. The molecule has 2 heterocycles. The van der Waals surface area contributed by atoms with Gasteiger partial charge >= 0.3 is 0 Å². The van der Waals surface area contributed by atoms with Crippen molar-refractivity contribution >= 4 is 24.2 Å². The highest BCUT2D eigenvalue weighted by Crippen LogP contribution is 2.20. The minimum atomic E-state index is -0.398. The second-order valence-electron chi connectivity index (χ2n) is 6.43. The van der Waals surface area contributed by atoms with E-state index in [-0.39, 0.29) is 42.1 Å². The first-order valence-electron chi connectivity index (χ1n) is 7.97. The van der Waals surface area contributed by atoms with Crippen LogP contribution in [0.5, 0.6) is 0 Å². The minimum absolute atomic E-state index is 0. The molecule has 128 valence electrons. The Kier molecular flexibility index (Phi) is 7.59. The first-order chi connectivity index (χ1) is 10.0. The van der Waals surface area contributed by atoms with E-state index in [1.807, 2.05) is 13.8 Å². The molecule has 0 spiro atoms. The summed E-state index contributed by atoms with van der Waals surface area (Å²) in [7, 11) is 0. The van der Waals surface area contributed by atoms with Crippen LogP contribution in [0.1, 0.15) is 33.1 Å². The summed E-state index contributed by atoms with van der Waals surface area (Å²) in [5, 5.41) is 15.8. The van der Waals surface area contributed by atoms with Crippen LogP contribution in [0.2, 0.25) is 0 Å². The van der Waals surface area contributed by atoms with Crippen molar-refractivity contribution in [1.82, 2.24) is 15.5 Å². The number of amides is 2. The molecule has 22 heavy (non-hydrogen) atoms. The molecule has 6 nitrogen and oxygen atoms in total. The first kappa shape index (κ1) is 19.2. The van der Waals surface area contributed by atoms with E-state index in [1.54, 1.807) is 4.90 Å².